The largest absolute Gasteiger partial charge is 0.381 e. The maximum Gasteiger partial charge on any atom is 0.381 e. The fraction of sp³-hybridized carbons (Fsp3) is 1.00. The molecule has 2 heterocycles. The molecule has 2 rings (SSSR count). The van der Waals surface area contributed by atoms with E-state index in [1.165, 1.54) is 0 Å². The van der Waals surface area contributed by atoms with E-state index in [-0.39, 0.29) is 0 Å². The average Bonchev–Trinajstić information content (AvgIpc) is 2.58. The minimum absolute atomic E-state index is 2.13. The third kappa shape index (κ3) is 2.84. The summed E-state index contributed by atoms with van der Waals surface area (Å²) < 4.78 is 162. The number of hydrogen-bond donors (Lipinski definition) is 0. The number of rotatable bonds is 0. The smallest absolute Gasteiger partial charge is 0.240 e. The summed E-state index contributed by atoms with van der Waals surface area (Å²) in [6.07, 6.45) is -6.91. The lowest BCUT2D eigenvalue weighted by Gasteiger charge is -2.16. The summed E-state index contributed by atoms with van der Waals surface area (Å²) in [6.45, 7) is 0. The highest BCUT2D eigenvalue weighted by atomic mass is 32.2. The molecule has 4 nitrogen and oxygen atoms in total. The Morgan fingerprint density at radius 3 is 1.29 bits per heavy atom. The molecule has 2 saturated heterocycles. The van der Waals surface area contributed by atoms with E-state index >= 15 is 0 Å². The van der Waals surface area contributed by atoms with Crippen LogP contribution in [0.15, 0.2) is 0 Å². The molecular weight excluding hydrogens is 414 g/mol. The van der Waals surface area contributed by atoms with Crippen molar-refractivity contribution in [1.29, 1.82) is 0 Å². The van der Waals surface area contributed by atoms with Crippen LogP contribution in [0.2, 0.25) is 0 Å². The summed E-state index contributed by atoms with van der Waals surface area (Å²) in [5.74, 6) is -12.0. The first-order chi connectivity index (χ1) is 10.3. The Morgan fingerprint density at radius 1 is 0.792 bits per heavy atom. The van der Waals surface area contributed by atoms with Crippen molar-refractivity contribution < 1.29 is 60.7 Å². The zero-order valence-electron chi connectivity index (χ0n) is 10.7. The van der Waals surface area contributed by atoms with Gasteiger partial charge < -0.3 is 0 Å². The Kier molecular flexibility index (Phi) is 4.96. The number of sulfone groups is 2. The van der Waals surface area contributed by atoms with Crippen molar-refractivity contribution in [3.63, 3.8) is 0 Å². The molecule has 24 heavy (non-hydrogen) atoms. The van der Waals surface area contributed by atoms with Crippen molar-refractivity contribution in [2.45, 2.75) is 40.5 Å². The molecular formula is C8H6F10O4S2. The van der Waals surface area contributed by atoms with E-state index in [4.69, 9.17) is 0 Å². The zero-order chi connectivity index (χ0) is 19.5. The third-order valence-corrected chi connectivity index (χ3v) is 6.53. The fourth-order valence-electron chi connectivity index (χ4n) is 1.61. The molecule has 4 atom stereocenters. The normalized spacial score (nSPS) is 40.6. The quantitative estimate of drug-likeness (QED) is 0.562. The first-order valence-electron chi connectivity index (χ1n) is 5.49. The van der Waals surface area contributed by atoms with Crippen LogP contribution in [0.1, 0.15) is 0 Å². The van der Waals surface area contributed by atoms with Crippen LogP contribution in [0.5, 0.6) is 0 Å². The molecule has 2 fully saturated rings. The Balaban J connectivity index is 0.000000240. The molecule has 4 unspecified atom stereocenters. The number of hydrogen-bond acceptors (Lipinski definition) is 4. The van der Waals surface area contributed by atoms with Crippen molar-refractivity contribution in [2.24, 2.45) is 0 Å². The van der Waals surface area contributed by atoms with Gasteiger partial charge in [0.2, 0.25) is 11.7 Å². The second-order valence-electron chi connectivity index (χ2n) is 4.75. The van der Waals surface area contributed by atoms with Crippen LogP contribution in [0, 0.1) is 0 Å². The Labute approximate surface area is 127 Å². The van der Waals surface area contributed by atoms with Crippen LogP contribution in [0.3, 0.4) is 0 Å². The first-order valence-corrected chi connectivity index (χ1v) is 8.75. The van der Waals surface area contributed by atoms with E-state index in [0.29, 0.717) is 0 Å². The first kappa shape index (κ1) is 21.2. The molecule has 0 spiro atoms. The van der Waals surface area contributed by atoms with Gasteiger partial charge in [-0.25, -0.2) is 34.4 Å². The van der Waals surface area contributed by atoms with Gasteiger partial charge in [-0.3, -0.25) is 0 Å². The summed E-state index contributed by atoms with van der Waals surface area (Å²) in [5, 5.41) is -4.95. The summed E-state index contributed by atoms with van der Waals surface area (Å²) in [6, 6.07) is 0. The minimum atomic E-state index is -5.65. The Hall–Kier alpha value is -0.800. The van der Waals surface area contributed by atoms with Crippen LogP contribution in [-0.2, 0) is 19.7 Å². The van der Waals surface area contributed by atoms with E-state index in [9.17, 15) is 60.7 Å². The summed E-state index contributed by atoms with van der Waals surface area (Å²) in [5.41, 5.74) is -7.26. The predicted octanol–water partition coefficient (Wildman–Crippen LogP) is 1.96. The van der Waals surface area contributed by atoms with Crippen molar-refractivity contribution >= 4 is 19.7 Å². The molecule has 0 aromatic carbocycles. The fourth-order valence-corrected chi connectivity index (χ4v) is 4.30. The van der Waals surface area contributed by atoms with Crippen LogP contribution in [0.25, 0.3) is 0 Å². The third-order valence-electron chi connectivity index (χ3n) is 3.00. The highest BCUT2D eigenvalue weighted by Gasteiger charge is 2.74. The van der Waals surface area contributed by atoms with Gasteiger partial charge in [-0.05, 0) is 0 Å². The van der Waals surface area contributed by atoms with E-state index in [2.05, 4.69) is 0 Å². The number of alkyl halides is 10. The van der Waals surface area contributed by atoms with Gasteiger partial charge in [-0.2, -0.15) is 26.3 Å². The van der Waals surface area contributed by atoms with Gasteiger partial charge >= 0.3 is 17.1 Å². The number of halogens is 10. The van der Waals surface area contributed by atoms with Crippen molar-refractivity contribution in [3.05, 3.63) is 0 Å². The second-order valence-corrected chi connectivity index (χ2v) is 8.87. The SMILES string of the molecule is O=S1(=O)C(F)C(F)C(F)C1(F)F.O=S1(=O)CC(F)(F)C(F)(F)C1F. The van der Waals surface area contributed by atoms with Gasteiger partial charge in [0.25, 0.3) is 15.3 Å². The van der Waals surface area contributed by atoms with E-state index in [1.54, 1.807) is 0 Å². The van der Waals surface area contributed by atoms with E-state index in [1.807, 2.05) is 0 Å². The van der Waals surface area contributed by atoms with Crippen LogP contribution in [0.4, 0.5) is 43.9 Å². The lowest BCUT2D eigenvalue weighted by Crippen LogP contribution is -2.41. The summed E-state index contributed by atoms with van der Waals surface area (Å²) in [7, 11) is -10.7. The molecule has 0 aliphatic carbocycles. The molecule has 0 aromatic heterocycles. The van der Waals surface area contributed by atoms with Crippen molar-refractivity contribution in [1.82, 2.24) is 0 Å². The maximum atomic E-state index is 12.2. The highest BCUT2D eigenvalue weighted by molar-refractivity contribution is 7.93. The molecule has 0 radical (unpaired) electrons. The summed E-state index contributed by atoms with van der Waals surface area (Å²) >= 11 is 0. The Bertz CT molecular complexity index is 702. The lowest BCUT2D eigenvalue weighted by molar-refractivity contribution is -0.200. The molecule has 0 bridgehead atoms. The zero-order valence-corrected chi connectivity index (χ0v) is 12.4. The van der Waals surface area contributed by atoms with Gasteiger partial charge in [-0.15, -0.1) is 0 Å². The topological polar surface area (TPSA) is 68.3 Å². The lowest BCUT2D eigenvalue weighted by atomic mass is 10.2. The van der Waals surface area contributed by atoms with Crippen LogP contribution in [-0.4, -0.2) is 63.0 Å². The van der Waals surface area contributed by atoms with Crippen molar-refractivity contribution in [3.8, 4) is 0 Å². The van der Waals surface area contributed by atoms with Gasteiger partial charge in [0.05, 0.1) is 0 Å². The van der Waals surface area contributed by atoms with Gasteiger partial charge in [0.1, 0.15) is 5.75 Å². The predicted molar refractivity (Wildman–Crippen MR) is 57.1 cm³/mol. The van der Waals surface area contributed by atoms with Gasteiger partial charge in [0, 0.05) is 0 Å². The summed E-state index contributed by atoms with van der Waals surface area (Å²) in [4.78, 5) is 0. The minimum Gasteiger partial charge on any atom is -0.240 e. The second kappa shape index (κ2) is 5.60. The van der Waals surface area contributed by atoms with Crippen LogP contribution >= 0.6 is 0 Å². The monoisotopic (exact) mass is 420 g/mol. The van der Waals surface area contributed by atoms with Crippen LogP contribution < -0.4 is 0 Å². The van der Waals surface area contributed by atoms with Gasteiger partial charge in [-0.1, -0.05) is 0 Å². The van der Waals surface area contributed by atoms with Crippen molar-refractivity contribution in [2.75, 3.05) is 5.75 Å². The molecule has 0 amide bonds. The Morgan fingerprint density at radius 2 is 1.21 bits per heavy atom. The van der Waals surface area contributed by atoms with Gasteiger partial charge in [0.15, 0.2) is 16.0 Å². The average molecular weight is 420 g/mol. The molecule has 0 N–H and O–H groups in total. The standard InChI is InChI=1S/2C4H3F5O2S/c5-2-4(8,9)3(6,7)1-12(2,10)11;5-1-2(6)4(8,9)12(10,11)3(1)7/h2H,1H2;1-3H. The molecule has 0 saturated carbocycles. The van der Waals surface area contributed by atoms with E-state index < -0.39 is 65.9 Å². The molecule has 2 aliphatic rings. The van der Waals surface area contributed by atoms with E-state index in [0.717, 1.165) is 0 Å². The molecule has 2 aliphatic heterocycles. The molecule has 144 valence electrons. The molecule has 0 aromatic rings. The highest BCUT2D eigenvalue weighted by Crippen LogP contribution is 2.47. The molecule has 16 heteroatoms. The maximum absolute atomic E-state index is 12.2.